The number of benzene rings is 2. The van der Waals surface area contributed by atoms with Crippen LogP contribution in [0.15, 0.2) is 65.7 Å². The summed E-state index contributed by atoms with van der Waals surface area (Å²) >= 11 is 6.69. The lowest BCUT2D eigenvalue weighted by Gasteiger charge is -2.28. The van der Waals surface area contributed by atoms with E-state index in [4.69, 9.17) is 16.3 Å². The first kappa shape index (κ1) is 23.7. The van der Waals surface area contributed by atoms with E-state index in [-0.39, 0.29) is 22.7 Å². The predicted molar refractivity (Wildman–Crippen MR) is 138 cm³/mol. The molecule has 9 heteroatoms. The van der Waals surface area contributed by atoms with Crippen molar-refractivity contribution in [1.82, 2.24) is 9.55 Å². The molecule has 1 aliphatic heterocycles. The van der Waals surface area contributed by atoms with Crippen molar-refractivity contribution in [1.29, 1.82) is 0 Å². The Kier molecular flexibility index (Phi) is 6.28. The summed E-state index contributed by atoms with van der Waals surface area (Å²) in [5.74, 6) is -0.651. The normalized spacial score (nSPS) is 15.4. The molecule has 0 aliphatic carbocycles. The van der Waals surface area contributed by atoms with Crippen LogP contribution in [0.2, 0.25) is 5.02 Å². The number of ether oxygens (including phenoxy) is 1. The maximum absolute atomic E-state index is 13.0. The number of anilines is 1. The van der Waals surface area contributed by atoms with E-state index in [9.17, 15) is 19.8 Å². The number of hydrogen-bond acceptors (Lipinski definition) is 6. The topological polar surface area (TPSA) is 105 Å². The Morgan fingerprint density at radius 1 is 1.22 bits per heavy atom. The summed E-state index contributed by atoms with van der Waals surface area (Å²) < 4.78 is 7.66. The summed E-state index contributed by atoms with van der Waals surface area (Å²) in [6.45, 7) is 3.13. The first-order valence-corrected chi connectivity index (χ1v) is 11.9. The van der Waals surface area contributed by atoms with Crippen LogP contribution in [0, 0.1) is 6.92 Å². The fourth-order valence-electron chi connectivity index (χ4n) is 4.66. The number of phenols is 1. The number of pyridine rings is 2. The van der Waals surface area contributed by atoms with E-state index in [0.717, 1.165) is 30.6 Å². The first-order chi connectivity index (χ1) is 17.3. The number of carboxylic acid groups (broad SMARTS) is 1. The molecule has 1 saturated heterocycles. The van der Waals surface area contributed by atoms with Gasteiger partial charge >= 0.3 is 5.97 Å². The number of fused-ring (bicyclic) bond motifs is 1. The maximum Gasteiger partial charge on any atom is 0.341 e. The highest BCUT2D eigenvalue weighted by Crippen LogP contribution is 2.36. The number of aromatic carboxylic acids is 1. The van der Waals surface area contributed by atoms with E-state index < -0.39 is 11.4 Å². The average molecular weight is 506 g/mol. The Bertz CT molecular complexity index is 1520. The van der Waals surface area contributed by atoms with Crippen molar-refractivity contribution in [2.45, 2.75) is 25.8 Å². The number of carbonyl (C=O) groups is 1. The Morgan fingerprint density at radius 2 is 2.00 bits per heavy atom. The van der Waals surface area contributed by atoms with Crippen LogP contribution in [-0.2, 0) is 0 Å². The molecule has 1 fully saturated rings. The van der Waals surface area contributed by atoms with Crippen molar-refractivity contribution in [2.75, 3.05) is 18.1 Å². The zero-order valence-corrected chi connectivity index (χ0v) is 20.3. The lowest BCUT2D eigenvalue weighted by atomic mass is 10.1. The molecular weight excluding hydrogens is 482 g/mol. The molecule has 36 heavy (non-hydrogen) atoms. The standard InChI is InChI=1S/C27H24ClN3O5/c1-16-4-2-10-29-26(16)36-15-18-5-3-11-30(18)24-13-23-20(12-22(24)28)25(33)21(27(34)35)14-31(23)17-6-8-19(32)9-7-17/h2,4,6-10,12-14,18,32H,3,5,11,15H2,1H3,(H,34,35)/t18-/m1/s1. The SMILES string of the molecule is Cc1cccnc1OC[C@H]1CCCN1c1cc2c(cc1Cl)c(=O)c(C(=O)O)cn2-c1ccc(O)cc1. The van der Waals surface area contributed by atoms with Crippen LogP contribution >= 0.6 is 11.6 Å². The fraction of sp³-hybridized carbons (Fsp3) is 0.222. The van der Waals surface area contributed by atoms with Gasteiger partial charge in [-0.25, -0.2) is 9.78 Å². The number of halogens is 1. The van der Waals surface area contributed by atoms with Crippen LogP contribution in [-0.4, -0.2) is 44.9 Å². The smallest absolute Gasteiger partial charge is 0.341 e. The monoisotopic (exact) mass is 505 g/mol. The number of phenolic OH excluding ortho intramolecular Hbond substituents is 1. The van der Waals surface area contributed by atoms with Crippen molar-refractivity contribution in [3.63, 3.8) is 0 Å². The molecule has 2 aromatic carbocycles. The molecule has 0 radical (unpaired) electrons. The molecule has 0 bridgehead atoms. The van der Waals surface area contributed by atoms with E-state index in [0.29, 0.717) is 28.7 Å². The average Bonchev–Trinajstić information content (AvgIpc) is 3.32. The van der Waals surface area contributed by atoms with Gasteiger partial charge in [0, 0.05) is 35.6 Å². The molecule has 3 heterocycles. The van der Waals surface area contributed by atoms with Crippen molar-refractivity contribution in [2.24, 2.45) is 0 Å². The van der Waals surface area contributed by atoms with E-state index in [1.54, 1.807) is 22.9 Å². The van der Waals surface area contributed by atoms with Gasteiger partial charge in [-0.15, -0.1) is 0 Å². The van der Waals surface area contributed by atoms with Crippen molar-refractivity contribution < 1.29 is 19.7 Å². The number of carboxylic acids is 1. The number of hydrogen-bond donors (Lipinski definition) is 2. The van der Waals surface area contributed by atoms with Gasteiger partial charge in [0.2, 0.25) is 11.3 Å². The molecule has 0 unspecified atom stereocenters. The van der Waals surface area contributed by atoms with Crippen molar-refractivity contribution >= 4 is 34.2 Å². The number of nitrogens with zero attached hydrogens (tertiary/aromatic N) is 3. The van der Waals surface area contributed by atoms with E-state index in [2.05, 4.69) is 9.88 Å². The summed E-state index contributed by atoms with van der Waals surface area (Å²) in [5, 5.41) is 19.9. The molecule has 0 saturated carbocycles. The predicted octanol–water partition coefficient (Wildman–Crippen LogP) is 4.80. The molecule has 8 nitrogen and oxygen atoms in total. The van der Waals surface area contributed by atoms with Gasteiger partial charge in [-0.3, -0.25) is 4.79 Å². The minimum atomic E-state index is -1.32. The lowest BCUT2D eigenvalue weighted by Crippen LogP contribution is -2.34. The van der Waals surface area contributed by atoms with Crippen LogP contribution < -0.4 is 15.1 Å². The Labute approximate surface area is 212 Å². The number of aromatic hydroxyl groups is 1. The lowest BCUT2D eigenvalue weighted by molar-refractivity contribution is 0.0695. The summed E-state index contributed by atoms with van der Waals surface area (Å²) in [7, 11) is 0. The summed E-state index contributed by atoms with van der Waals surface area (Å²) in [6, 6.07) is 13.5. The Hall–Kier alpha value is -4.04. The van der Waals surface area contributed by atoms with Crippen LogP contribution in [0.25, 0.3) is 16.6 Å². The largest absolute Gasteiger partial charge is 0.508 e. The third kappa shape index (κ3) is 4.35. The van der Waals surface area contributed by atoms with E-state index in [1.165, 1.54) is 24.4 Å². The molecule has 2 aromatic heterocycles. The van der Waals surface area contributed by atoms with Gasteiger partial charge in [-0.2, -0.15) is 0 Å². The molecule has 1 aliphatic rings. The molecule has 184 valence electrons. The van der Waals surface area contributed by atoms with Gasteiger partial charge < -0.3 is 24.4 Å². The van der Waals surface area contributed by atoms with Crippen molar-refractivity contribution in [3.05, 3.63) is 87.3 Å². The minimum absolute atomic E-state index is 0.0495. The van der Waals surface area contributed by atoms with Gasteiger partial charge in [0.05, 0.1) is 22.3 Å². The van der Waals surface area contributed by atoms with Crippen LogP contribution in [0.3, 0.4) is 0 Å². The number of aryl methyl sites for hydroxylation is 1. The molecule has 2 N–H and O–H groups in total. The highest BCUT2D eigenvalue weighted by molar-refractivity contribution is 6.34. The zero-order valence-electron chi connectivity index (χ0n) is 19.5. The van der Waals surface area contributed by atoms with E-state index >= 15 is 0 Å². The third-order valence-corrected chi connectivity index (χ3v) is 6.79. The maximum atomic E-state index is 13.0. The Morgan fingerprint density at radius 3 is 2.72 bits per heavy atom. The number of aromatic nitrogens is 2. The molecule has 0 spiro atoms. The molecule has 0 amide bonds. The van der Waals surface area contributed by atoms with Gasteiger partial charge in [-0.05, 0) is 62.2 Å². The summed E-state index contributed by atoms with van der Waals surface area (Å²) in [4.78, 5) is 31.3. The minimum Gasteiger partial charge on any atom is -0.508 e. The van der Waals surface area contributed by atoms with Crippen LogP contribution in [0.4, 0.5) is 5.69 Å². The number of rotatable bonds is 6. The molecule has 4 aromatic rings. The summed E-state index contributed by atoms with van der Waals surface area (Å²) in [5.41, 5.74) is 1.84. The fourth-order valence-corrected chi connectivity index (χ4v) is 4.93. The zero-order chi connectivity index (χ0) is 25.4. The van der Waals surface area contributed by atoms with Gasteiger partial charge in [0.25, 0.3) is 0 Å². The second kappa shape index (κ2) is 9.54. The van der Waals surface area contributed by atoms with E-state index in [1.807, 2.05) is 25.1 Å². The third-order valence-electron chi connectivity index (χ3n) is 6.49. The van der Waals surface area contributed by atoms with Crippen LogP contribution in [0.5, 0.6) is 11.6 Å². The van der Waals surface area contributed by atoms with Gasteiger partial charge in [-0.1, -0.05) is 17.7 Å². The van der Waals surface area contributed by atoms with Gasteiger partial charge in [0.1, 0.15) is 17.9 Å². The van der Waals surface area contributed by atoms with Crippen molar-refractivity contribution in [3.8, 4) is 17.3 Å². The quantitative estimate of drug-likeness (QED) is 0.388. The highest BCUT2D eigenvalue weighted by Gasteiger charge is 2.28. The first-order valence-electron chi connectivity index (χ1n) is 11.6. The highest BCUT2D eigenvalue weighted by atomic mass is 35.5. The second-order valence-corrected chi connectivity index (χ2v) is 9.22. The molecule has 1 atom stereocenters. The van der Waals surface area contributed by atoms with Gasteiger partial charge in [0.15, 0.2) is 0 Å². The molecule has 5 rings (SSSR count). The van der Waals surface area contributed by atoms with Crippen LogP contribution in [0.1, 0.15) is 28.8 Å². The summed E-state index contributed by atoms with van der Waals surface area (Å²) in [6.07, 6.45) is 4.86. The second-order valence-electron chi connectivity index (χ2n) is 8.81. The Balaban J connectivity index is 1.59. The molecular formula is C27H24ClN3O5.